The summed E-state index contributed by atoms with van der Waals surface area (Å²) in [6.07, 6.45) is 0. The van der Waals surface area contributed by atoms with Crippen molar-refractivity contribution in [3.8, 4) is 0 Å². The van der Waals surface area contributed by atoms with Gasteiger partial charge in [0.25, 0.3) is 0 Å². The van der Waals surface area contributed by atoms with Crippen molar-refractivity contribution in [3.63, 3.8) is 0 Å². The SMILES string of the molecule is CC(CO)C(C)NC(=O)C1COCC1N. The van der Waals surface area contributed by atoms with Gasteiger partial charge in [0.15, 0.2) is 0 Å². The van der Waals surface area contributed by atoms with Gasteiger partial charge in [-0.2, -0.15) is 0 Å². The maximum Gasteiger partial charge on any atom is 0.227 e. The Labute approximate surface area is 90.0 Å². The molecule has 1 aliphatic heterocycles. The summed E-state index contributed by atoms with van der Waals surface area (Å²) >= 11 is 0. The molecule has 0 spiro atoms. The molecule has 0 bridgehead atoms. The second kappa shape index (κ2) is 5.44. The summed E-state index contributed by atoms with van der Waals surface area (Å²) in [6.45, 7) is 4.67. The first-order valence-corrected chi connectivity index (χ1v) is 5.30. The van der Waals surface area contributed by atoms with Gasteiger partial charge in [-0.05, 0) is 12.8 Å². The van der Waals surface area contributed by atoms with Crippen LogP contribution in [0.3, 0.4) is 0 Å². The zero-order chi connectivity index (χ0) is 11.4. The van der Waals surface area contributed by atoms with Crippen LogP contribution in [0.4, 0.5) is 0 Å². The van der Waals surface area contributed by atoms with Gasteiger partial charge in [-0.3, -0.25) is 4.79 Å². The van der Waals surface area contributed by atoms with Crippen molar-refractivity contribution < 1.29 is 14.6 Å². The largest absolute Gasteiger partial charge is 0.396 e. The number of amides is 1. The van der Waals surface area contributed by atoms with Crippen LogP contribution in [0.5, 0.6) is 0 Å². The van der Waals surface area contributed by atoms with Crippen LogP contribution in [0.25, 0.3) is 0 Å². The number of nitrogens with two attached hydrogens (primary N) is 1. The van der Waals surface area contributed by atoms with Crippen LogP contribution in [-0.4, -0.2) is 42.9 Å². The second-order valence-electron chi connectivity index (χ2n) is 4.26. The number of hydrogen-bond acceptors (Lipinski definition) is 4. The molecule has 4 unspecified atom stereocenters. The molecular formula is C10H20N2O3. The molecule has 5 heteroatoms. The first-order chi connectivity index (χ1) is 7.06. The minimum atomic E-state index is -0.252. The van der Waals surface area contributed by atoms with Crippen molar-refractivity contribution in [1.29, 1.82) is 0 Å². The van der Waals surface area contributed by atoms with Crippen LogP contribution in [0.2, 0.25) is 0 Å². The van der Waals surface area contributed by atoms with Crippen molar-refractivity contribution in [2.75, 3.05) is 19.8 Å². The number of aliphatic hydroxyl groups is 1. The lowest BCUT2D eigenvalue weighted by atomic mass is 10.0. The van der Waals surface area contributed by atoms with Crippen LogP contribution in [0.1, 0.15) is 13.8 Å². The zero-order valence-corrected chi connectivity index (χ0v) is 9.27. The first kappa shape index (κ1) is 12.4. The Morgan fingerprint density at radius 3 is 2.73 bits per heavy atom. The monoisotopic (exact) mass is 216 g/mol. The second-order valence-corrected chi connectivity index (χ2v) is 4.26. The molecule has 0 aromatic heterocycles. The molecule has 15 heavy (non-hydrogen) atoms. The molecule has 0 aliphatic carbocycles. The molecule has 1 aliphatic rings. The molecule has 1 saturated heterocycles. The third-order valence-corrected chi connectivity index (χ3v) is 2.97. The van der Waals surface area contributed by atoms with Crippen LogP contribution in [-0.2, 0) is 9.53 Å². The molecule has 1 rings (SSSR count). The quantitative estimate of drug-likeness (QED) is 0.568. The number of carbonyl (C=O) groups excluding carboxylic acids is 1. The Kier molecular flexibility index (Phi) is 4.50. The Morgan fingerprint density at radius 1 is 1.60 bits per heavy atom. The number of ether oxygens (including phenoxy) is 1. The maximum absolute atomic E-state index is 11.7. The molecule has 4 N–H and O–H groups in total. The lowest BCUT2D eigenvalue weighted by Crippen LogP contribution is -2.46. The summed E-state index contributed by atoms with van der Waals surface area (Å²) < 4.78 is 5.12. The zero-order valence-electron chi connectivity index (χ0n) is 9.27. The number of carbonyl (C=O) groups is 1. The van der Waals surface area contributed by atoms with Gasteiger partial charge in [0, 0.05) is 18.7 Å². The smallest absolute Gasteiger partial charge is 0.227 e. The summed E-state index contributed by atoms with van der Waals surface area (Å²) in [6, 6.07) is -0.253. The third-order valence-electron chi connectivity index (χ3n) is 2.97. The van der Waals surface area contributed by atoms with Crippen molar-refractivity contribution in [2.45, 2.75) is 25.9 Å². The fourth-order valence-electron chi connectivity index (χ4n) is 1.47. The minimum Gasteiger partial charge on any atom is -0.396 e. The minimum absolute atomic E-state index is 0.0460. The van der Waals surface area contributed by atoms with E-state index in [2.05, 4.69) is 5.32 Å². The van der Waals surface area contributed by atoms with Gasteiger partial charge in [-0.15, -0.1) is 0 Å². The molecule has 5 nitrogen and oxygen atoms in total. The standard InChI is InChI=1S/C10H20N2O3/c1-6(3-13)7(2)12-10(14)8-4-15-5-9(8)11/h6-9,13H,3-5,11H2,1-2H3,(H,12,14). The topological polar surface area (TPSA) is 84.6 Å². The summed E-state index contributed by atoms with van der Waals surface area (Å²) in [5.41, 5.74) is 5.73. The Morgan fingerprint density at radius 2 is 2.27 bits per heavy atom. The molecule has 0 aromatic carbocycles. The maximum atomic E-state index is 11.7. The number of hydrogen-bond donors (Lipinski definition) is 3. The van der Waals surface area contributed by atoms with Gasteiger partial charge in [0.05, 0.1) is 19.1 Å². The highest BCUT2D eigenvalue weighted by Gasteiger charge is 2.32. The van der Waals surface area contributed by atoms with Crippen LogP contribution < -0.4 is 11.1 Å². The Hall–Kier alpha value is -0.650. The predicted molar refractivity (Wildman–Crippen MR) is 56.1 cm³/mol. The van der Waals surface area contributed by atoms with Crippen LogP contribution >= 0.6 is 0 Å². The Balaban J connectivity index is 2.41. The molecule has 0 saturated carbocycles. The van der Waals surface area contributed by atoms with Crippen molar-refractivity contribution in [2.24, 2.45) is 17.6 Å². The van der Waals surface area contributed by atoms with Crippen molar-refractivity contribution >= 4 is 5.91 Å². The summed E-state index contributed by atoms with van der Waals surface area (Å²) in [4.78, 5) is 11.7. The van der Waals surface area contributed by atoms with Gasteiger partial charge in [0.2, 0.25) is 5.91 Å². The predicted octanol–water partition coefficient (Wildman–Crippen LogP) is -0.907. The summed E-state index contributed by atoms with van der Waals surface area (Å²) in [5.74, 6) is -0.279. The van der Waals surface area contributed by atoms with E-state index in [-0.39, 0.29) is 36.4 Å². The highest BCUT2D eigenvalue weighted by molar-refractivity contribution is 5.80. The van der Waals surface area contributed by atoms with E-state index in [4.69, 9.17) is 15.6 Å². The summed E-state index contributed by atoms with van der Waals surface area (Å²) in [7, 11) is 0. The Bertz CT molecular complexity index is 223. The molecule has 4 atom stereocenters. The van der Waals surface area contributed by atoms with E-state index in [1.807, 2.05) is 13.8 Å². The third kappa shape index (κ3) is 3.15. The highest BCUT2D eigenvalue weighted by atomic mass is 16.5. The lowest BCUT2D eigenvalue weighted by molar-refractivity contribution is -0.126. The van der Waals surface area contributed by atoms with Crippen molar-refractivity contribution in [1.82, 2.24) is 5.32 Å². The fraction of sp³-hybridized carbons (Fsp3) is 0.900. The van der Waals surface area contributed by atoms with Gasteiger partial charge in [-0.25, -0.2) is 0 Å². The van der Waals surface area contributed by atoms with E-state index in [9.17, 15) is 4.79 Å². The van der Waals surface area contributed by atoms with Gasteiger partial charge >= 0.3 is 0 Å². The first-order valence-electron chi connectivity index (χ1n) is 5.30. The lowest BCUT2D eigenvalue weighted by Gasteiger charge is -2.22. The van der Waals surface area contributed by atoms with E-state index in [0.29, 0.717) is 13.2 Å². The van der Waals surface area contributed by atoms with E-state index < -0.39 is 0 Å². The molecule has 1 fully saturated rings. The average molecular weight is 216 g/mol. The van der Waals surface area contributed by atoms with Gasteiger partial charge in [0.1, 0.15) is 0 Å². The normalized spacial score (nSPS) is 29.9. The van der Waals surface area contributed by atoms with Crippen LogP contribution in [0, 0.1) is 11.8 Å². The van der Waals surface area contributed by atoms with E-state index in [1.54, 1.807) is 0 Å². The molecule has 1 amide bonds. The fourth-order valence-corrected chi connectivity index (χ4v) is 1.47. The van der Waals surface area contributed by atoms with Gasteiger partial charge in [-0.1, -0.05) is 6.92 Å². The van der Waals surface area contributed by atoms with E-state index in [1.165, 1.54) is 0 Å². The molecule has 88 valence electrons. The van der Waals surface area contributed by atoms with E-state index >= 15 is 0 Å². The number of nitrogens with one attached hydrogen (secondary N) is 1. The van der Waals surface area contributed by atoms with Gasteiger partial charge < -0.3 is 20.9 Å². The van der Waals surface area contributed by atoms with Crippen LogP contribution in [0.15, 0.2) is 0 Å². The van der Waals surface area contributed by atoms with Crippen molar-refractivity contribution in [3.05, 3.63) is 0 Å². The van der Waals surface area contributed by atoms with E-state index in [0.717, 1.165) is 0 Å². The number of aliphatic hydroxyl groups excluding tert-OH is 1. The molecule has 0 radical (unpaired) electrons. The highest BCUT2D eigenvalue weighted by Crippen LogP contribution is 2.12. The molecule has 1 heterocycles. The molecular weight excluding hydrogens is 196 g/mol. The summed E-state index contributed by atoms with van der Waals surface area (Å²) in [5, 5.41) is 11.8. The average Bonchev–Trinajstić information content (AvgIpc) is 2.63. The number of rotatable bonds is 4. The molecule has 0 aromatic rings.